The van der Waals surface area contributed by atoms with Crippen LogP contribution in [0.15, 0.2) is 29.1 Å². The first kappa shape index (κ1) is 16.6. The fourth-order valence-corrected chi connectivity index (χ4v) is 3.22. The number of benzene rings is 1. The van der Waals surface area contributed by atoms with Gasteiger partial charge in [0.1, 0.15) is 19.0 Å². The molecule has 1 amide bonds. The third-order valence-electron chi connectivity index (χ3n) is 4.59. The molecule has 0 saturated heterocycles. The lowest BCUT2D eigenvalue weighted by Gasteiger charge is -2.29. The van der Waals surface area contributed by atoms with Gasteiger partial charge in [0.05, 0.1) is 10.9 Å². The summed E-state index contributed by atoms with van der Waals surface area (Å²) in [6.45, 7) is 2.25. The van der Waals surface area contributed by atoms with Crippen molar-refractivity contribution < 1.29 is 9.53 Å². The number of H-pyrrole nitrogens is 1. The maximum absolute atomic E-state index is 12.0. The van der Waals surface area contributed by atoms with Crippen LogP contribution in [0.5, 0.6) is 0 Å². The van der Waals surface area contributed by atoms with Gasteiger partial charge in [0, 0.05) is 6.04 Å². The van der Waals surface area contributed by atoms with E-state index in [-0.39, 0.29) is 30.7 Å². The number of carbonyl (C=O) groups is 1. The van der Waals surface area contributed by atoms with Crippen molar-refractivity contribution in [1.29, 1.82) is 0 Å². The molecule has 24 heavy (non-hydrogen) atoms. The van der Waals surface area contributed by atoms with Crippen molar-refractivity contribution in [1.82, 2.24) is 15.3 Å². The molecule has 128 valence electrons. The largest absolute Gasteiger partial charge is 0.364 e. The summed E-state index contributed by atoms with van der Waals surface area (Å²) in [6.07, 6.45) is 4.60. The molecular formula is C18H23N3O3. The maximum Gasteiger partial charge on any atom is 0.258 e. The number of aromatic nitrogens is 2. The molecule has 0 aliphatic heterocycles. The predicted octanol–water partition coefficient (Wildman–Crippen LogP) is 2.13. The number of carbonyl (C=O) groups excluding carboxylic acids is 1. The highest BCUT2D eigenvalue weighted by atomic mass is 16.5. The number of hydrogen-bond acceptors (Lipinski definition) is 4. The fourth-order valence-electron chi connectivity index (χ4n) is 3.22. The van der Waals surface area contributed by atoms with Crippen LogP contribution in [0.1, 0.15) is 38.4 Å². The van der Waals surface area contributed by atoms with Crippen molar-refractivity contribution >= 4 is 16.8 Å². The normalized spacial score (nSPS) is 20.9. The van der Waals surface area contributed by atoms with Gasteiger partial charge in [-0.05, 0) is 30.9 Å². The van der Waals surface area contributed by atoms with E-state index >= 15 is 0 Å². The first-order valence-electron chi connectivity index (χ1n) is 8.48. The van der Waals surface area contributed by atoms with Crippen molar-refractivity contribution in [3.63, 3.8) is 0 Å². The van der Waals surface area contributed by atoms with Gasteiger partial charge >= 0.3 is 0 Å². The number of nitrogens with one attached hydrogen (secondary N) is 2. The predicted molar refractivity (Wildman–Crippen MR) is 91.6 cm³/mol. The van der Waals surface area contributed by atoms with Crippen molar-refractivity contribution in [3.8, 4) is 0 Å². The van der Waals surface area contributed by atoms with Crippen LogP contribution in [0.25, 0.3) is 10.9 Å². The Morgan fingerprint density at radius 3 is 2.96 bits per heavy atom. The summed E-state index contributed by atoms with van der Waals surface area (Å²) >= 11 is 0. The molecule has 2 atom stereocenters. The first-order valence-corrected chi connectivity index (χ1v) is 8.48. The molecule has 1 aliphatic carbocycles. The van der Waals surface area contributed by atoms with Gasteiger partial charge in [-0.15, -0.1) is 0 Å². The smallest absolute Gasteiger partial charge is 0.258 e. The monoisotopic (exact) mass is 329 g/mol. The van der Waals surface area contributed by atoms with Gasteiger partial charge < -0.3 is 15.0 Å². The summed E-state index contributed by atoms with van der Waals surface area (Å²) in [7, 11) is 0. The van der Waals surface area contributed by atoms with Crippen LogP contribution in [-0.2, 0) is 16.1 Å². The van der Waals surface area contributed by atoms with Crippen LogP contribution in [0, 0.1) is 5.92 Å². The number of rotatable bonds is 5. The number of fused-ring (bicyclic) bond motifs is 1. The second-order valence-corrected chi connectivity index (χ2v) is 6.46. The fraction of sp³-hybridized carbons (Fsp3) is 0.500. The molecule has 0 radical (unpaired) electrons. The molecule has 0 unspecified atom stereocenters. The summed E-state index contributed by atoms with van der Waals surface area (Å²) in [5.74, 6) is 0.829. The molecule has 2 aromatic rings. The molecular weight excluding hydrogens is 306 g/mol. The summed E-state index contributed by atoms with van der Waals surface area (Å²) in [4.78, 5) is 31.0. The minimum atomic E-state index is -0.195. The van der Waals surface area contributed by atoms with Crippen LogP contribution in [0.3, 0.4) is 0 Å². The van der Waals surface area contributed by atoms with Crippen LogP contribution in [-0.4, -0.2) is 28.5 Å². The van der Waals surface area contributed by atoms with E-state index in [0.717, 1.165) is 12.8 Å². The Morgan fingerprint density at radius 1 is 1.33 bits per heavy atom. The second kappa shape index (κ2) is 7.57. The quantitative estimate of drug-likeness (QED) is 0.880. The van der Waals surface area contributed by atoms with Gasteiger partial charge in [0.25, 0.3) is 5.56 Å². The first-order chi connectivity index (χ1) is 11.6. The van der Waals surface area contributed by atoms with Gasteiger partial charge in [-0.25, -0.2) is 4.98 Å². The summed E-state index contributed by atoms with van der Waals surface area (Å²) in [5.41, 5.74) is 0.431. The number of ether oxygens (including phenoxy) is 1. The lowest BCUT2D eigenvalue weighted by molar-refractivity contribution is -0.127. The van der Waals surface area contributed by atoms with Gasteiger partial charge in [0.15, 0.2) is 0 Å². The number of aromatic amines is 1. The number of amides is 1. The number of para-hydroxylation sites is 1. The van der Waals surface area contributed by atoms with Gasteiger partial charge in [-0.3, -0.25) is 9.59 Å². The molecule has 0 bridgehead atoms. The number of hydrogen-bond donors (Lipinski definition) is 2. The standard InChI is InChI=1S/C18H23N3O3/c1-12-6-2-4-8-14(12)20-17(22)11-24-10-16-19-15-9-5-3-7-13(15)18(23)21-16/h3,5,7,9,12,14H,2,4,6,8,10-11H2,1H3,(H,20,22)(H,19,21,23)/t12-,14+/m1/s1. The molecule has 6 heteroatoms. The van der Waals surface area contributed by atoms with Crippen molar-refractivity contribution in [2.75, 3.05) is 6.61 Å². The van der Waals surface area contributed by atoms with E-state index in [1.54, 1.807) is 18.2 Å². The van der Waals surface area contributed by atoms with Crippen LogP contribution in [0.4, 0.5) is 0 Å². The Morgan fingerprint density at radius 2 is 2.12 bits per heavy atom. The lowest BCUT2D eigenvalue weighted by Crippen LogP contribution is -2.42. The van der Waals surface area contributed by atoms with Crippen LogP contribution < -0.4 is 10.9 Å². The molecule has 2 N–H and O–H groups in total. The Labute approximate surface area is 140 Å². The molecule has 1 aliphatic rings. The average molecular weight is 329 g/mol. The molecule has 1 heterocycles. The zero-order valence-electron chi connectivity index (χ0n) is 13.9. The summed E-state index contributed by atoms with van der Waals surface area (Å²) in [6, 6.07) is 7.38. The van der Waals surface area contributed by atoms with Gasteiger partial charge in [0.2, 0.25) is 5.91 Å². The second-order valence-electron chi connectivity index (χ2n) is 6.46. The molecule has 0 spiro atoms. The van der Waals surface area contributed by atoms with Crippen LogP contribution in [0.2, 0.25) is 0 Å². The third kappa shape index (κ3) is 4.00. The maximum atomic E-state index is 12.0. The van der Waals surface area contributed by atoms with E-state index in [1.165, 1.54) is 12.8 Å². The zero-order chi connectivity index (χ0) is 16.9. The summed E-state index contributed by atoms with van der Waals surface area (Å²) < 4.78 is 5.42. The van der Waals surface area contributed by atoms with Gasteiger partial charge in [-0.2, -0.15) is 0 Å². The van der Waals surface area contributed by atoms with E-state index in [4.69, 9.17) is 4.74 Å². The van der Waals surface area contributed by atoms with E-state index in [0.29, 0.717) is 22.6 Å². The third-order valence-corrected chi connectivity index (χ3v) is 4.59. The summed E-state index contributed by atoms with van der Waals surface area (Å²) in [5, 5.41) is 3.59. The van der Waals surface area contributed by atoms with Crippen LogP contribution >= 0.6 is 0 Å². The molecule has 1 aromatic heterocycles. The van der Waals surface area contributed by atoms with E-state index in [9.17, 15) is 9.59 Å². The molecule has 1 fully saturated rings. The highest BCUT2D eigenvalue weighted by molar-refractivity contribution is 5.78. The van der Waals surface area contributed by atoms with E-state index in [2.05, 4.69) is 22.2 Å². The van der Waals surface area contributed by atoms with E-state index < -0.39 is 0 Å². The zero-order valence-corrected chi connectivity index (χ0v) is 13.9. The Hall–Kier alpha value is -2.21. The molecule has 3 rings (SSSR count). The molecule has 6 nitrogen and oxygen atoms in total. The minimum Gasteiger partial charge on any atom is -0.364 e. The molecule has 1 aromatic carbocycles. The van der Waals surface area contributed by atoms with Crippen molar-refractivity contribution in [3.05, 3.63) is 40.4 Å². The topological polar surface area (TPSA) is 84.1 Å². The highest BCUT2D eigenvalue weighted by Gasteiger charge is 2.22. The number of nitrogens with zero attached hydrogens (tertiary/aromatic N) is 1. The van der Waals surface area contributed by atoms with E-state index in [1.807, 2.05) is 6.07 Å². The Bertz CT molecular complexity index is 771. The Balaban J connectivity index is 1.52. The minimum absolute atomic E-state index is 0.0280. The average Bonchev–Trinajstić information content (AvgIpc) is 2.57. The van der Waals surface area contributed by atoms with Gasteiger partial charge in [-0.1, -0.05) is 31.9 Å². The molecule has 1 saturated carbocycles. The lowest BCUT2D eigenvalue weighted by atomic mass is 9.86. The Kier molecular flexibility index (Phi) is 5.25. The van der Waals surface area contributed by atoms with Crippen molar-refractivity contribution in [2.24, 2.45) is 5.92 Å². The SMILES string of the molecule is C[C@@H]1CCCC[C@@H]1NC(=O)COCc1nc2ccccc2c(=O)[nH]1. The van der Waals surface area contributed by atoms with Crippen molar-refractivity contribution in [2.45, 2.75) is 45.3 Å². The highest BCUT2D eigenvalue weighted by Crippen LogP contribution is 2.23.